The van der Waals surface area contributed by atoms with E-state index in [9.17, 15) is 9.59 Å². The second kappa shape index (κ2) is 13.0. The quantitative estimate of drug-likeness (QED) is 0.323. The topological polar surface area (TPSA) is 71.2 Å². The number of rotatable bonds is 14. The van der Waals surface area contributed by atoms with E-state index in [0.717, 1.165) is 29.4 Å². The molecule has 1 aromatic carbocycles. The van der Waals surface area contributed by atoms with E-state index in [4.69, 9.17) is 4.74 Å². The van der Waals surface area contributed by atoms with Gasteiger partial charge in [-0.15, -0.1) is 0 Å². The van der Waals surface area contributed by atoms with E-state index >= 15 is 0 Å². The lowest BCUT2D eigenvalue weighted by molar-refractivity contribution is -0.143. The molecule has 5 nitrogen and oxygen atoms in total. The van der Waals surface area contributed by atoms with Gasteiger partial charge in [-0.2, -0.15) is 0 Å². The molecule has 0 radical (unpaired) electrons. The summed E-state index contributed by atoms with van der Waals surface area (Å²) in [5.41, 5.74) is 2.57. The molecular formula is C24H36N2O3. The number of unbranched alkanes of at least 4 members (excludes halogenated alkanes) is 6. The number of aryl methyl sites for hydroxylation is 1. The summed E-state index contributed by atoms with van der Waals surface area (Å²) in [6.07, 6.45) is 10.3. The highest BCUT2D eigenvalue weighted by atomic mass is 16.5. The van der Waals surface area contributed by atoms with E-state index in [1.165, 1.54) is 32.1 Å². The third-order valence-electron chi connectivity index (χ3n) is 5.19. The number of hydrogen-bond donors (Lipinski definition) is 2. The molecule has 1 aromatic heterocycles. The summed E-state index contributed by atoms with van der Waals surface area (Å²) in [5, 5.41) is 4.03. The number of amides is 1. The number of aromatic amines is 1. The van der Waals surface area contributed by atoms with Gasteiger partial charge in [-0.05, 0) is 32.3 Å². The molecule has 2 aromatic rings. The maximum absolute atomic E-state index is 12.9. The first-order valence-electron chi connectivity index (χ1n) is 11.2. The smallest absolute Gasteiger partial charge is 0.305 e. The number of carbonyl (C=O) groups is 2. The van der Waals surface area contributed by atoms with Crippen LogP contribution in [-0.2, 0) is 16.0 Å². The van der Waals surface area contributed by atoms with Crippen LogP contribution in [0.4, 0.5) is 0 Å². The van der Waals surface area contributed by atoms with Gasteiger partial charge in [-0.1, -0.05) is 63.6 Å². The Kier molecular flexibility index (Phi) is 10.3. The van der Waals surface area contributed by atoms with Crippen LogP contribution in [0.15, 0.2) is 24.3 Å². The standard InChI is InChI=1S/C24H36N2O3/c1-3-5-6-7-8-9-12-18-25-24(28)23-19-14-10-11-15-20(19)26-21(23)16-13-17-22(27)29-4-2/h10-11,14-15,26H,3-9,12-13,16-18H2,1-2H3,(H,25,28). The normalized spacial score (nSPS) is 11.0. The predicted molar refractivity (Wildman–Crippen MR) is 118 cm³/mol. The third-order valence-corrected chi connectivity index (χ3v) is 5.19. The van der Waals surface area contributed by atoms with Crippen molar-refractivity contribution in [1.29, 1.82) is 0 Å². The number of para-hydroxylation sites is 1. The zero-order valence-electron chi connectivity index (χ0n) is 18.0. The van der Waals surface area contributed by atoms with Gasteiger partial charge in [-0.25, -0.2) is 0 Å². The first-order chi connectivity index (χ1) is 14.2. The van der Waals surface area contributed by atoms with Crippen molar-refractivity contribution in [3.63, 3.8) is 0 Å². The van der Waals surface area contributed by atoms with E-state index in [0.29, 0.717) is 38.0 Å². The maximum Gasteiger partial charge on any atom is 0.305 e. The minimum absolute atomic E-state index is 0.0282. The summed E-state index contributed by atoms with van der Waals surface area (Å²) in [6, 6.07) is 7.87. The zero-order valence-corrected chi connectivity index (χ0v) is 18.0. The Bertz CT molecular complexity index is 767. The lowest BCUT2D eigenvalue weighted by Gasteiger charge is -2.08. The fraction of sp³-hybridized carbons (Fsp3) is 0.583. The lowest BCUT2D eigenvalue weighted by Crippen LogP contribution is -2.25. The third kappa shape index (κ3) is 7.56. The van der Waals surface area contributed by atoms with Crippen molar-refractivity contribution in [3.8, 4) is 0 Å². The molecule has 5 heteroatoms. The van der Waals surface area contributed by atoms with E-state index in [1.54, 1.807) is 0 Å². The van der Waals surface area contributed by atoms with Gasteiger partial charge < -0.3 is 15.0 Å². The molecule has 0 aliphatic heterocycles. The monoisotopic (exact) mass is 400 g/mol. The van der Waals surface area contributed by atoms with Gasteiger partial charge in [-0.3, -0.25) is 9.59 Å². The van der Waals surface area contributed by atoms with Gasteiger partial charge in [0, 0.05) is 29.6 Å². The summed E-state index contributed by atoms with van der Waals surface area (Å²) >= 11 is 0. The molecule has 0 fully saturated rings. The number of esters is 1. The molecular weight excluding hydrogens is 364 g/mol. The largest absolute Gasteiger partial charge is 0.466 e. The Labute approximate surface area is 174 Å². The average Bonchev–Trinajstić information content (AvgIpc) is 3.08. The summed E-state index contributed by atoms with van der Waals surface area (Å²) < 4.78 is 4.99. The first-order valence-corrected chi connectivity index (χ1v) is 11.2. The van der Waals surface area contributed by atoms with Crippen LogP contribution in [0.2, 0.25) is 0 Å². The SMILES string of the molecule is CCCCCCCCCNC(=O)c1c(CCCC(=O)OCC)[nH]c2ccccc12. The second-order valence-electron chi connectivity index (χ2n) is 7.56. The molecule has 0 atom stereocenters. The van der Waals surface area contributed by atoms with Crippen molar-refractivity contribution in [2.45, 2.75) is 78.1 Å². The molecule has 2 rings (SSSR count). The molecule has 0 saturated carbocycles. The van der Waals surface area contributed by atoms with Crippen molar-refractivity contribution in [3.05, 3.63) is 35.5 Å². The van der Waals surface area contributed by atoms with Gasteiger partial charge >= 0.3 is 5.97 Å². The molecule has 0 bridgehead atoms. The molecule has 0 saturated heterocycles. The minimum Gasteiger partial charge on any atom is -0.466 e. The Morgan fingerprint density at radius 3 is 2.45 bits per heavy atom. The molecule has 0 spiro atoms. The van der Waals surface area contributed by atoms with Crippen molar-refractivity contribution in [2.24, 2.45) is 0 Å². The number of nitrogens with one attached hydrogen (secondary N) is 2. The van der Waals surface area contributed by atoms with E-state index in [-0.39, 0.29) is 11.9 Å². The fourth-order valence-corrected chi connectivity index (χ4v) is 3.66. The molecule has 160 valence electrons. The molecule has 0 unspecified atom stereocenters. The average molecular weight is 401 g/mol. The number of carbonyl (C=O) groups excluding carboxylic acids is 2. The van der Waals surface area contributed by atoms with Crippen LogP contribution >= 0.6 is 0 Å². The number of aromatic nitrogens is 1. The fourth-order valence-electron chi connectivity index (χ4n) is 3.66. The molecule has 29 heavy (non-hydrogen) atoms. The highest BCUT2D eigenvalue weighted by Gasteiger charge is 2.18. The summed E-state index contributed by atoms with van der Waals surface area (Å²) in [7, 11) is 0. The lowest BCUT2D eigenvalue weighted by atomic mass is 10.1. The number of benzene rings is 1. The van der Waals surface area contributed by atoms with Gasteiger partial charge in [0.05, 0.1) is 12.2 Å². The molecule has 1 amide bonds. The van der Waals surface area contributed by atoms with Crippen molar-refractivity contribution in [2.75, 3.05) is 13.2 Å². The Hall–Kier alpha value is -2.30. The molecule has 0 aliphatic rings. The van der Waals surface area contributed by atoms with Gasteiger partial charge in [0.25, 0.3) is 5.91 Å². The predicted octanol–water partition coefficient (Wildman–Crippen LogP) is 5.53. The van der Waals surface area contributed by atoms with Crippen LogP contribution in [-0.4, -0.2) is 30.0 Å². The minimum atomic E-state index is -0.187. The van der Waals surface area contributed by atoms with E-state index in [1.807, 2.05) is 31.2 Å². The number of H-pyrrole nitrogens is 1. The highest BCUT2D eigenvalue weighted by molar-refractivity contribution is 6.08. The van der Waals surface area contributed by atoms with Crippen LogP contribution in [0, 0.1) is 0 Å². The van der Waals surface area contributed by atoms with Gasteiger partial charge in [0.15, 0.2) is 0 Å². The Morgan fingerprint density at radius 2 is 1.69 bits per heavy atom. The Balaban J connectivity index is 1.90. The van der Waals surface area contributed by atoms with Crippen LogP contribution in [0.3, 0.4) is 0 Å². The molecule has 0 aliphatic carbocycles. The van der Waals surface area contributed by atoms with Crippen LogP contribution < -0.4 is 5.32 Å². The number of fused-ring (bicyclic) bond motifs is 1. The van der Waals surface area contributed by atoms with E-state index in [2.05, 4.69) is 17.2 Å². The second-order valence-corrected chi connectivity index (χ2v) is 7.56. The zero-order chi connectivity index (χ0) is 20.9. The Morgan fingerprint density at radius 1 is 0.966 bits per heavy atom. The first kappa shape index (κ1) is 23.0. The van der Waals surface area contributed by atoms with Crippen molar-refractivity contribution >= 4 is 22.8 Å². The van der Waals surface area contributed by atoms with Crippen LogP contribution in [0.1, 0.15) is 87.7 Å². The van der Waals surface area contributed by atoms with Gasteiger partial charge in [0.1, 0.15) is 0 Å². The summed E-state index contributed by atoms with van der Waals surface area (Å²) in [6.45, 7) is 5.14. The van der Waals surface area contributed by atoms with Gasteiger partial charge in [0.2, 0.25) is 0 Å². The van der Waals surface area contributed by atoms with Crippen LogP contribution in [0.5, 0.6) is 0 Å². The molecule has 1 heterocycles. The van der Waals surface area contributed by atoms with Crippen molar-refractivity contribution < 1.29 is 14.3 Å². The summed E-state index contributed by atoms with van der Waals surface area (Å²) in [5.74, 6) is -0.215. The highest BCUT2D eigenvalue weighted by Crippen LogP contribution is 2.24. The molecule has 2 N–H and O–H groups in total. The summed E-state index contributed by atoms with van der Waals surface area (Å²) in [4.78, 5) is 27.9. The van der Waals surface area contributed by atoms with Crippen LogP contribution in [0.25, 0.3) is 10.9 Å². The maximum atomic E-state index is 12.9. The van der Waals surface area contributed by atoms with E-state index < -0.39 is 0 Å². The number of hydrogen-bond acceptors (Lipinski definition) is 3. The van der Waals surface area contributed by atoms with Crippen molar-refractivity contribution in [1.82, 2.24) is 10.3 Å². The number of ether oxygens (including phenoxy) is 1.